The van der Waals surface area contributed by atoms with E-state index in [4.69, 9.17) is 5.26 Å². The third kappa shape index (κ3) is 4.15. The van der Waals surface area contributed by atoms with E-state index in [0.717, 1.165) is 18.5 Å². The Kier molecular flexibility index (Phi) is 6.25. The van der Waals surface area contributed by atoms with Crippen molar-refractivity contribution in [3.63, 3.8) is 0 Å². The number of imidazole rings is 1. The van der Waals surface area contributed by atoms with E-state index in [2.05, 4.69) is 15.4 Å². The summed E-state index contributed by atoms with van der Waals surface area (Å²) in [6, 6.07) is 9.32. The highest BCUT2D eigenvalue weighted by atomic mass is 19.1. The fourth-order valence-corrected chi connectivity index (χ4v) is 5.00. The first-order valence-corrected chi connectivity index (χ1v) is 12.1. The minimum Gasteiger partial charge on any atom is -0.336 e. The molecule has 1 amide bonds. The van der Waals surface area contributed by atoms with Crippen LogP contribution in [0.5, 0.6) is 0 Å². The fourth-order valence-electron chi connectivity index (χ4n) is 5.00. The first-order chi connectivity index (χ1) is 17.7. The molecule has 5 rings (SSSR count). The second-order valence-electron chi connectivity index (χ2n) is 9.42. The van der Waals surface area contributed by atoms with Gasteiger partial charge in [0.1, 0.15) is 28.9 Å². The molecule has 1 fully saturated rings. The number of likely N-dealkylation sites (N-methyl/N-ethyl adjacent to an activating group) is 1. The van der Waals surface area contributed by atoms with Gasteiger partial charge in [-0.2, -0.15) is 10.4 Å². The zero-order chi connectivity index (χ0) is 26.4. The van der Waals surface area contributed by atoms with E-state index in [1.165, 1.54) is 18.2 Å². The predicted octanol–water partition coefficient (Wildman–Crippen LogP) is 4.02. The van der Waals surface area contributed by atoms with Gasteiger partial charge in [-0.05, 0) is 58.0 Å². The monoisotopic (exact) mass is 503 g/mol. The van der Waals surface area contributed by atoms with E-state index < -0.39 is 11.6 Å². The number of hydrogen-bond donors (Lipinski definition) is 1. The maximum atomic E-state index is 15.2. The Morgan fingerprint density at radius 3 is 2.65 bits per heavy atom. The molecule has 37 heavy (non-hydrogen) atoms. The lowest BCUT2D eigenvalue weighted by atomic mass is 10.1. The molecule has 10 heteroatoms. The molecule has 0 unspecified atom stereocenters. The van der Waals surface area contributed by atoms with Crippen LogP contribution in [0.1, 0.15) is 40.3 Å². The number of nitrogens with one attached hydrogen (secondary N) is 1. The van der Waals surface area contributed by atoms with Crippen LogP contribution in [0.2, 0.25) is 0 Å². The molecular formula is C27H27F2N7O. The van der Waals surface area contributed by atoms with Crippen LogP contribution in [0.4, 0.5) is 8.78 Å². The van der Waals surface area contributed by atoms with E-state index in [1.54, 1.807) is 40.3 Å². The van der Waals surface area contributed by atoms with Crippen LogP contribution in [0.15, 0.2) is 30.3 Å². The summed E-state index contributed by atoms with van der Waals surface area (Å²) >= 11 is 0. The average molecular weight is 504 g/mol. The molecule has 1 atom stereocenters. The lowest BCUT2D eigenvalue weighted by Crippen LogP contribution is -2.47. The number of piperidine rings is 1. The molecule has 0 bridgehead atoms. The number of nitrogens with zero attached hydrogens (tertiary/aromatic N) is 6. The minimum absolute atomic E-state index is 0.0975. The summed E-state index contributed by atoms with van der Waals surface area (Å²) in [7, 11) is 3.62. The lowest BCUT2D eigenvalue weighted by Gasteiger charge is -2.32. The topological polar surface area (TPSA) is 91.8 Å². The van der Waals surface area contributed by atoms with Crippen LogP contribution < -0.4 is 5.32 Å². The molecule has 0 aliphatic carbocycles. The minimum atomic E-state index is -0.697. The zero-order valence-electron chi connectivity index (χ0n) is 21.1. The van der Waals surface area contributed by atoms with Crippen molar-refractivity contribution in [1.82, 2.24) is 29.5 Å². The smallest absolute Gasteiger partial charge is 0.274 e. The second kappa shape index (κ2) is 9.41. The number of aryl methyl sites for hydroxylation is 2. The van der Waals surface area contributed by atoms with Crippen molar-refractivity contribution < 1.29 is 13.6 Å². The van der Waals surface area contributed by atoms with Gasteiger partial charge in [-0.25, -0.2) is 13.8 Å². The van der Waals surface area contributed by atoms with E-state index in [0.29, 0.717) is 35.4 Å². The fraction of sp³-hybridized carbons (Fsp3) is 0.333. The summed E-state index contributed by atoms with van der Waals surface area (Å²) in [6.45, 7) is 4.76. The Morgan fingerprint density at radius 2 is 1.95 bits per heavy atom. The van der Waals surface area contributed by atoms with Crippen LogP contribution >= 0.6 is 0 Å². The Labute approximate surface area is 213 Å². The quantitative estimate of drug-likeness (QED) is 0.454. The molecule has 1 aliphatic rings. The van der Waals surface area contributed by atoms with Crippen molar-refractivity contribution in [3.8, 4) is 23.1 Å². The number of nitriles is 1. The summed E-state index contributed by atoms with van der Waals surface area (Å²) in [6.07, 6.45) is 1.85. The van der Waals surface area contributed by atoms with Crippen molar-refractivity contribution in [1.29, 1.82) is 5.26 Å². The number of aromatic nitrogens is 4. The van der Waals surface area contributed by atoms with E-state index in [9.17, 15) is 9.18 Å². The molecule has 0 radical (unpaired) electrons. The third-order valence-corrected chi connectivity index (χ3v) is 7.21. The Bertz CT molecular complexity index is 1580. The number of amides is 1. The highest BCUT2D eigenvalue weighted by Crippen LogP contribution is 2.32. The molecular weight excluding hydrogens is 476 g/mol. The Balaban J connectivity index is 1.71. The first-order valence-electron chi connectivity index (χ1n) is 12.1. The Morgan fingerprint density at radius 1 is 1.16 bits per heavy atom. The number of benzene rings is 2. The van der Waals surface area contributed by atoms with Crippen LogP contribution in [0, 0.1) is 36.8 Å². The SMILES string of the molecule is CN[C@H]1CCCN(C(=O)c2nc(-c3ccc(C#N)c(F)c3)n(-c3cc(F)c4nn(C)c(C)c4c3)c2C)C1. The van der Waals surface area contributed by atoms with E-state index >= 15 is 4.39 Å². The third-order valence-electron chi connectivity index (χ3n) is 7.21. The number of carbonyl (C=O) groups excluding carboxylic acids is 1. The molecule has 190 valence electrons. The lowest BCUT2D eigenvalue weighted by molar-refractivity contribution is 0.0692. The van der Waals surface area contributed by atoms with Crippen molar-refractivity contribution in [2.75, 3.05) is 20.1 Å². The normalized spacial score (nSPS) is 15.8. The van der Waals surface area contributed by atoms with Crippen LogP contribution in [-0.4, -0.2) is 56.3 Å². The molecule has 1 saturated heterocycles. The van der Waals surface area contributed by atoms with Gasteiger partial charge in [-0.3, -0.25) is 14.0 Å². The van der Waals surface area contributed by atoms with Gasteiger partial charge in [-0.15, -0.1) is 0 Å². The number of halogens is 2. The molecule has 3 heterocycles. The average Bonchev–Trinajstić information content (AvgIpc) is 3.39. The summed E-state index contributed by atoms with van der Waals surface area (Å²) < 4.78 is 33.1. The number of fused-ring (bicyclic) bond motifs is 1. The molecule has 1 aliphatic heterocycles. The van der Waals surface area contributed by atoms with Gasteiger partial charge in [-0.1, -0.05) is 0 Å². The highest BCUT2D eigenvalue weighted by Gasteiger charge is 2.29. The van der Waals surface area contributed by atoms with Gasteiger partial charge in [0.05, 0.1) is 16.9 Å². The molecule has 0 spiro atoms. The molecule has 2 aromatic carbocycles. The van der Waals surface area contributed by atoms with Crippen LogP contribution in [0.25, 0.3) is 28.0 Å². The van der Waals surface area contributed by atoms with Crippen molar-refractivity contribution in [2.24, 2.45) is 7.05 Å². The first kappa shape index (κ1) is 24.6. The summed E-state index contributed by atoms with van der Waals surface area (Å²) in [4.78, 5) is 20.1. The predicted molar refractivity (Wildman–Crippen MR) is 135 cm³/mol. The molecule has 1 N–H and O–H groups in total. The largest absolute Gasteiger partial charge is 0.336 e. The van der Waals surface area contributed by atoms with E-state index in [1.807, 2.05) is 20.0 Å². The van der Waals surface area contributed by atoms with Crippen molar-refractivity contribution >= 4 is 16.8 Å². The van der Waals surface area contributed by atoms with Gasteiger partial charge in [0.25, 0.3) is 5.91 Å². The molecule has 8 nitrogen and oxygen atoms in total. The molecule has 0 saturated carbocycles. The zero-order valence-corrected chi connectivity index (χ0v) is 21.1. The van der Waals surface area contributed by atoms with Gasteiger partial charge < -0.3 is 10.2 Å². The highest BCUT2D eigenvalue weighted by molar-refractivity contribution is 5.95. The summed E-state index contributed by atoms with van der Waals surface area (Å²) in [5.74, 6) is -1.16. The van der Waals surface area contributed by atoms with Crippen molar-refractivity contribution in [3.05, 3.63) is 64.6 Å². The number of likely N-dealkylation sites (tertiary alicyclic amines) is 1. The summed E-state index contributed by atoms with van der Waals surface area (Å²) in [5.41, 5.74) is 2.47. The molecule has 2 aromatic heterocycles. The van der Waals surface area contributed by atoms with Crippen LogP contribution in [0.3, 0.4) is 0 Å². The van der Waals surface area contributed by atoms with Gasteiger partial charge in [0.15, 0.2) is 5.82 Å². The van der Waals surface area contributed by atoms with Crippen LogP contribution in [-0.2, 0) is 7.05 Å². The number of hydrogen-bond acceptors (Lipinski definition) is 5. The standard InChI is InChI=1S/C27H27F2N7O/c1-15-21-11-20(12-23(29)25(21)33-34(15)4)36-16(2)24(27(37)35-9-5-6-19(14-35)31-3)32-26(36)17-7-8-18(13-30)22(28)10-17/h7-8,10-12,19,31H,5-6,9,14H2,1-4H3/t19-/m0/s1. The maximum absolute atomic E-state index is 15.2. The van der Waals surface area contributed by atoms with E-state index in [-0.39, 0.29) is 34.5 Å². The summed E-state index contributed by atoms with van der Waals surface area (Å²) in [5, 5.41) is 17.3. The Hall–Kier alpha value is -4.10. The maximum Gasteiger partial charge on any atom is 0.274 e. The number of rotatable bonds is 4. The van der Waals surface area contributed by atoms with Gasteiger partial charge in [0, 0.05) is 48.9 Å². The van der Waals surface area contributed by atoms with Crippen molar-refractivity contribution in [2.45, 2.75) is 32.7 Å². The number of carbonyl (C=O) groups is 1. The van der Waals surface area contributed by atoms with Gasteiger partial charge in [0.2, 0.25) is 0 Å². The molecule has 4 aromatic rings. The second-order valence-corrected chi connectivity index (χ2v) is 9.42. The van der Waals surface area contributed by atoms with Gasteiger partial charge >= 0.3 is 0 Å².